The van der Waals surface area contributed by atoms with Gasteiger partial charge in [-0.15, -0.1) is 0 Å². The summed E-state index contributed by atoms with van der Waals surface area (Å²) in [7, 11) is 1.32. The maximum absolute atomic E-state index is 13.3. The maximum atomic E-state index is 13.3. The molecule has 1 amide bonds. The maximum Gasteiger partial charge on any atom is 0.328 e. The van der Waals surface area contributed by atoms with E-state index in [2.05, 4.69) is 5.32 Å². The van der Waals surface area contributed by atoms with E-state index >= 15 is 0 Å². The van der Waals surface area contributed by atoms with E-state index in [4.69, 9.17) is 10.5 Å². The number of fused-ring (bicyclic) bond motifs is 1. The molecule has 4 aromatic rings. The molecule has 0 radical (unpaired) electrons. The van der Waals surface area contributed by atoms with Crippen LogP contribution in [0.5, 0.6) is 0 Å². The molecule has 160 valence electrons. The Hall–Kier alpha value is -4.12. The molecule has 0 fully saturated rings. The summed E-state index contributed by atoms with van der Waals surface area (Å²) in [6.07, 6.45) is 0.331. The van der Waals surface area contributed by atoms with Gasteiger partial charge in [-0.1, -0.05) is 72.8 Å². The van der Waals surface area contributed by atoms with E-state index in [0.29, 0.717) is 23.2 Å². The van der Waals surface area contributed by atoms with Crippen molar-refractivity contribution in [2.24, 2.45) is 0 Å². The minimum absolute atomic E-state index is 0.331. The topological polar surface area (TPSA) is 81.4 Å². The third-order valence-electron chi connectivity index (χ3n) is 5.44. The number of benzene rings is 4. The third kappa shape index (κ3) is 4.47. The van der Waals surface area contributed by atoms with Crippen molar-refractivity contribution in [2.75, 3.05) is 12.8 Å². The zero-order valence-electron chi connectivity index (χ0n) is 17.7. The van der Waals surface area contributed by atoms with E-state index in [1.165, 1.54) is 7.11 Å². The first kappa shape index (κ1) is 21.1. The fourth-order valence-corrected chi connectivity index (χ4v) is 3.86. The number of nitrogen functional groups attached to an aromatic ring is 1. The van der Waals surface area contributed by atoms with Crippen molar-refractivity contribution in [2.45, 2.75) is 12.5 Å². The summed E-state index contributed by atoms with van der Waals surface area (Å²) in [5.41, 5.74) is 9.61. The van der Waals surface area contributed by atoms with E-state index in [0.717, 1.165) is 21.9 Å². The summed E-state index contributed by atoms with van der Waals surface area (Å²) < 4.78 is 4.94. The Balaban J connectivity index is 1.71. The fraction of sp³-hybridized carbons (Fsp3) is 0.111. The van der Waals surface area contributed by atoms with Crippen LogP contribution in [0.4, 0.5) is 5.69 Å². The third-order valence-corrected chi connectivity index (χ3v) is 5.44. The highest BCUT2D eigenvalue weighted by molar-refractivity contribution is 6.07. The number of nitrogens with two attached hydrogens (primary N) is 1. The lowest BCUT2D eigenvalue weighted by atomic mass is 9.93. The summed E-state index contributed by atoms with van der Waals surface area (Å²) in [6, 6.07) is 27.8. The van der Waals surface area contributed by atoms with Crippen LogP contribution in [-0.4, -0.2) is 25.0 Å². The largest absolute Gasteiger partial charge is 0.467 e. The summed E-state index contributed by atoms with van der Waals surface area (Å²) in [5.74, 6) is -0.858. The molecule has 3 N–H and O–H groups in total. The van der Waals surface area contributed by atoms with Crippen LogP contribution in [0.1, 0.15) is 15.9 Å². The predicted molar refractivity (Wildman–Crippen MR) is 127 cm³/mol. The second-order valence-electron chi connectivity index (χ2n) is 7.57. The van der Waals surface area contributed by atoms with Gasteiger partial charge in [0, 0.05) is 17.7 Å². The highest BCUT2D eigenvalue weighted by Gasteiger charge is 2.24. The van der Waals surface area contributed by atoms with Crippen LogP contribution in [0.15, 0.2) is 91.0 Å². The molecule has 5 heteroatoms. The van der Waals surface area contributed by atoms with Gasteiger partial charge in [0.1, 0.15) is 6.04 Å². The van der Waals surface area contributed by atoms with Crippen molar-refractivity contribution in [1.82, 2.24) is 5.32 Å². The fourth-order valence-electron chi connectivity index (χ4n) is 3.86. The number of nitrogens with one attached hydrogen (secondary N) is 1. The predicted octanol–water partition coefficient (Wildman–Crippen LogP) is 4.60. The number of hydrogen-bond donors (Lipinski definition) is 2. The highest BCUT2D eigenvalue weighted by atomic mass is 16.5. The number of esters is 1. The molecule has 0 saturated carbocycles. The van der Waals surface area contributed by atoms with Gasteiger partial charge in [-0.05, 0) is 45.7 Å². The molecule has 0 aliphatic rings. The second kappa shape index (κ2) is 9.35. The standard InChI is InChI=1S/C27H24N2O3/c1-32-27(31)25(16-18-8-3-2-4-9-18)29-26(30)23-15-14-20(28)17-24(23)22-13-7-11-19-10-5-6-12-21(19)22/h2-15,17,25H,16,28H2,1H3,(H,29,30)/t25-/m1/s1. The quantitative estimate of drug-likeness (QED) is 0.350. The zero-order valence-corrected chi connectivity index (χ0v) is 17.7. The molecule has 0 aliphatic heterocycles. The lowest BCUT2D eigenvalue weighted by Crippen LogP contribution is -2.43. The van der Waals surface area contributed by atoms with Crippen LogP contribution in [0.3, 0.4) is 0 Å². The lowest BCUT2D eigenvalue weighted by molar-refractivity contribution is -0.142. The minimum atomic E-state index is -0.812. The summed E-state index contributed by atoms with van der Waals surface area (Å²) in [6.45, 7) is 0. The van der Waals surface area contributed by atoms with E-state index in [1.807, 2.05) is 72.8 Å². The molecule has 4 rings (SSSR count). The zero-order chi connectivity index (χ0) is 22.5. The normalized spacial score (nSPS) is 11.7. The van der Waals surface area contributed by atoms with Crippen molar-refractivity contribution < 1.29 is 14.3 Å². The number of carbonyl (C=O) groups is 2. The first-order valence-electron chi connectivity index (χ1n) is 10.4. The van der Waals surface area contributed by atoms with Crippen molar-refractivity contribution in [3.63, 3.8) is 0 Å². The first-order chi connectivity index (χ1) is 15.6. The number of amides is 1. The van der Waals surface area contributed by atoms with Crippen LogP contribution in [-0.2, 0) is 16.0 Å². The van der Waals surface area contributed by atoms with Gasteiger partial charge >= 0.3 is 5.97 Å². The van der Waals surface area contributed by atoms with Crippen LogP contribution in [0, 0.1) is 0 Å². The Morgan fingerprint density at radius 2 is 1.59 bits per heavy atom. The van der Waals surface area contributed by atoms with E-state index < -0.39 is 12.0 Å². The number of anilines is 1. The number of rotatable bonds is 6. The van der Waals surface area contributed by atoms with Crippen molar-refractivity contribution in [3.8, 4) is 11.1 Å². The molecule has 32 heavy (non-hydrogen) atoms. The number of carbonyl (C=O) groups excluding carboxylic acids is 2. The Bertz CT molecular complexity index is 1260. The van der Waals surface area contributed by atoms with E-state index in [-0.39, 0.29) is 5.91 Å². The van der Waals surface area contributed by atoms with Crippen molar-refractivity contribution in [3.05, 3.63) is 102 Å². The molecule has 0 heterocycles. The smallest absolute Gasteiger partial charge is 0.328 e. The van der Waals surface area contributed by atoms with Crippen LogP contribution in [0.2, 0.25) is 0 Å². The Morgan fingerprint density at radius 3 is 2.38 bits per heavy atom. The van der Waals surface area contributed by atoms with Crippen LogP contribution >= 0.6 is 0 Å². The van der Waals surface area contributed by atoms with Gasteiger partial charge in [0.05, 0.1) is 7.11 Å². The number of ether oxygens (including phenoxy) is 1. The Labute approximate surface area is 186 Å². The van der Waals surface area contributed by atoms with Gasteiger partial charge in [-0.2, -0.15) is 0 Å². The van der Waals surface area contributed by atoms with Crippen LogP contribution in [0.25, 0.3) is 21.9 Å². The molecule has 0 spiro atoms. The van der Waals surface area contributed by atoms with Gasteiger partial charge in [0.2, 0.25) is 0 Å². The monoisotopic (exact) mass is 424 g/mol. The Morgan fingerprint density at radius 1 is 0.875 bits per heavy atom. The van der Waals surface area contributed by atoms with Crippen molar-refractivity contribution >= 4 is 28.3 Å². The molecular weight excluding hydrogens is 400 g/mol. The molecule has 0 bridgehead atoms. The molecule has 0 aromatic heterocycles. The van der Waals surface area contributed by atoms with E-state index in [1.54, 1.807) is 18.2 Å². The summed E-state index contributed by atoms with van der Waals surface area (Å²) in [5, 5.41) is 4.94. The molecule has 0 aliphatic carbocycles. The molecule has 4 aromatic carbocycles. The average Bonchev–Trinajstić information content (AvgIpc) is 2.83. The second-order valence-corrected chi connectivity index (χ2v) is 7.57. The van der Waals surface area contributed by atoms with Gasteiger partial charge in [-0.25, -0.2) is 4.79 Å². The van der Waals surface area contributed by atoms with Gasteiger partial charge in [0.15, 0.2) is 0 Å². The number of methoxy groups -OCH3 is 1. The number of hydrogen-bond acceptors (Lipinski definition) is 4. The first-order valence-corrected chi connectivity index (χ1v) is 10.4. The molecule has 0 saturated heterocycles. The van der Waals surface area contributed by atoms with Crippen molar-refractivity contribution in [1.29, 1.82) is 0 Å². The average molecular weight is 425 g/mol. The highest BCUT2D eigenvalue weighted by Crippen LogP contribution is 2.32. The van der Waals surface area contributed by atoms with Gasteiger partial charge < -0.3 is 15.8 Å². The van der Waals surface area contributed by atoms with Gasteiger partial charge in [0.25, 0.3) is 5.91 Å². The molecule has 0 unspecified atom stereocenters. The molecule has 1 atom stereocenters. The SMILES string of the molecule is COC(=O)[C@@H](Cc1ccccc1)NC(=O)c1ccc(N)cc1-c1cccc2ccccc12. The molecular formula is C27H24N2O3. The van der Waals surface area contributed by atoms with Gasteiger partial charge in [-0.3, -0.25) is 4.79 Å². The lowest BCUT2D eigenvalue weighted by Gasteiger charge is -2.19. The molecule has 5 nitrogen and oxygen atoms in total. The summed E-state index contributed by atoms with van der Waals surface area (Å²) >= 11 is 0. The summed E-state index contributed by atoms with van der Waals surface area (Å²) in [4.78, 5) is 25.8. The van der Waals surface area contributed by atoms with E-state index in [9.17, 15) is 9.59 Å². The minimum Gasteiger partial charge on any atom is -0.467 e. The van der Waals surface area contributed by atoms with Crippen LogP contribution < -0.4 is 11.1 Å². The Kier molecular flexibility index (Phi) is 6.17.